The topological polar surface area (TPSA) is 83.5 Å². The fourth-order valence-corrected chi connectivity index (χ4v) is 2.64. The second-order valence-corrected chi connectivity index (χ2v) is 5.75. The lowest BCUT2D eigenvalue weighted by Crippen LogP contribution is -2.49. The number of nitrogens with zero attached hydrogens (tertiary/aromatic N) is 5. The van der Waals surface area contributed by atoms with Crippen molar-refractivity contribution in [2.24, 2.45) is 0 Å². The van der Waals surface area contributed by atoms with Gasteiger partial charge >= 0.3 is 6.09 Å². The van der Waals surface area contributed by atoms with E-state index in [2.05, 4.69) is 20.5 Å². The summed E-state index contributed by atoms with van der Waals surface area (Å²) in [7, 11) is 0. The Kier molecular flexibility index (Phi) is 5.27. The zero-order valence-corrected chi connectivity index (χ0v) is 14.5. The van der Waals surface area contributed by atoms with Crippen LogP contribution in [-0.2, 0) is 4.74 Å². The van der Waals surface area contributed by atoms with E-state index in [1.807, 2.05) is 36.1 Å². The van der Waals surface area contributed by atoms with Gasteiger partial charge in [0.15, 0.2) is 5.82 Å². The van der Waals surface area contributed by atoms with Crippen molar-refractivity contribution in [1.82, 2.24) is 20.1 Å². The maximum absolute atomic E-state index is 11.8. The normalized spacial score (nSPS) is 14.3. The number of carbonyl (C=O) groups is 1. The van der Waals surface area contributed by atoms with Crippen LogP contribution in [-0.4, -0.2) is 59.0 Å². The van der Waals surface area contributed by atoms with E-state index in [9.17, 15) is 4.79 Å². The van der Waals surface area contributed by atoms with Crippen LogP contribution in [0.3, 0.4) is 0 Å². The van der Waals surface area contributed by atoms with Crippen LogP contribution in [0.1, 0.15) is 12.5 Å². The molecule has 8 nitrogen and oxygen atoms in total. The molecule has 0 aliphatic carbocycles. The number of amides is 1. The van der Waals surface area contributed by atoms with E-state index in [1.54, 1.807) is 18.0 Å². The van der Waals surface area contributed by atoms with Gasteiger partial charge in [0.2, 0.25) is 5.95 Å². The Morgan fingerprint density at radius 2 is 2.00 bits per heavy atom. The summed E-state index contributed by atoms with van der Waals surface area (Å²) in [6.45, 7) is 6.68. The van der Waals surface area contributed by atoms with Crippen molar-refractivity contribution in [2.45, 2.75) is 13.8 Å². The van der Waals surface area contributed by atoms with Crippen molar-refractivity contribution in [3.63, 3.8) is 0 Å². The fourth-order valence-electron chi connectivity index (χ4n) is 2.64. The fraction of sp³-hybridized carbons (Fsp3) is 0.412. The van der Waals surface area contributed by atoms with Gasteiger partial charge in [0.05, 0.1) is 12.8 Å². The number of para-hydroxylation sites is 1. The van der Waals surface area contributed by atoms with E-state index >= 15 is 0 Å². The Morgan fingerprint density at radius 3 is 2.72 bits per heavy atom. The van der Waals surface area contributed by atoms with Crippen LogP contribution < -0.4 is 10.2 Å². The molecule has 1 aliphatic rings. The van der Waals surface area contributed by atoms with Crippen molar-refractivity contribution in [2.75, 3.05) is 43.0 Å². The third-order valence-electron chi connectivity index (χ3n) is 4.04. The van der Waals surface area contributed by atoms with Crippen molar-refractivity contribution >= 4 is 23.5 Å². The monoisotopic (exact) mass is 342 g/mol. The maximum Gasteiger partial charge on any atom is 0.409 e. The largest absolute Gasteiger partial charge is 0.450 e. The minimum atomic E-state index is -0.267. The molecule has 0 saturated carbocycles. The summed E-state index contributed by atoms with van der Waals surface area (Å²) in [4.78, 5) is 20.0. The molecule has 0 radical (unpaired) electrons. The molecule has 8 heteroatoms. The molecule has 0 unspecified atom stereocenters. The molecular formula is C17H22N6O2. The molecular weight excluding hydrogens is 320 g/mol. The molecule has 1 N–H and O–H groups in total. The summed E-state index contributed by atoms with van der Waals surface area (Å²) in [5.41, 5.74) is 2.12. The molecule has 0 spiro atoms. The number of carbonyl (C=O) groups excluding carboxylic acids is 1. The molecule has 0 atom stereocenters. The van der Waals surface area contributed by atoms with Gasteiger partial charge in [-0.3, -0.25) is 0 Å². The third-order valence-corrected chi connectivity index (χ3v) is 4.04. The smallest absolute Gasteiger partial charge is 0.409 e. The second kappa shape index (κ2) is 7.78. The Morgan fingerprint density at radius 1 is 1.24 bits per heavy atom. The minimum absolute atomic E-state index is 0.267. The van der Waals surface area contributed by atoms with E-state index in [1.165, 1.54) is 0 Å². The highest BCUT2D eigenvalue weighted by Gasteiger charge is 2.23. The van der Waals surface area contributed by atoms with Gasteiger partial charge in [0, 0.05) is 31.9 Å². The molecule has 132 valence electrons. The maximum atomic E-state index is 11.8. The first-order chi connectivity index (χ1) is 12.2. The van der Waals surface area contributed by atoms with Crippen LogP contribution in [0.2, 0.25) is 0 Å². The summed E-state index contributed by atoms with van der Waals surface area (Å²) < 4.78 is 5.03. The molecule has 1 fully saturated rings. The van der Waals surface area contributed by atoms with Crippen molar-refractivity contribution in [3.8, 4) is 0 Å². The molecule has 3 rings (SSSR count). The average Bonchev–Trinajstić information content (AvgIpc) is 2.64. The lowest BCUT2D eigenvalue weighted by Gasteiger charge is -2.33. The SMILES string of the molecule is CCOC(=O)N1CCN(c2nncc(Nc3ccccc3C)n2)CC1. The summed E-state index contributed by atoms with van der Waals surface area (Å²) in [5.74, 6) is 1.20. The van der Waals surface area contributed by atoms with E-state index in [-0.39, 0.29) is 6.09 Å². The Balaban J connectivity index is 1.64. The zero-order chi connectivity index (χ0) is 17.6. The molecule has 1 aliphatic heterocycles. The van der Waals surface area contributed by atoms with Gasteiger partial charge in [-0.25, -0.2) is 4.79 Å². The van der Waals surface area contributed by atoms with Crippen LogP contribution in [0.25, 0.3) is 0 Å². The van der Waals surface area contributed by atoms with Crippen molar-refractivity contribution in [1.29, 1.82) is 0 Å². The minimum Gasteiger partial charge on any atom is -0.450 e. The molecule has 2 aromatic rings. The third kappa shape index (κ3) is 4.14. The first-order valence-electron chi connectivity index (χ1n) is 8.36. The zero-order valence-electron chi connectivity index (χ0n) is 14.5. The number of benzene rings is 1. The van der Waals surface area contributed by atoms with Crippen LogP contribution >= 0.6 is 0 Å². The van der Waals surface area contributed by atoms with E-state index in [0.717, 1.165) is 11.3 Å². The number of hydrogen-bond donors (Lipinski definition) is 1. The van der Waals surface area contributed by atoms with Gasteiger partial charge in [-0.05, 0) is 25.5 Å². The highest BCUT2D eigenvalue weighted by atomic mass is 16.6. The first kappa shape index (κ1) is 16.9. The van der Waals surface area contributed by atoms with Gasteiger partial charge in [-0.2, -0.15) is 10.1 Å². The number of aryl methyl sites for hydroxylation is 1. The molecule has 1 amide bonds. The van der Waals surface area contributed by atoms with Crippen LogP contribution in [0.4, 0.5) is 22.2 Å². The van der Waals surface area contributed by atoms with Crippen LogP contribution in [0.15, 0.2) is 30.5 Å². The lowest BCUT2D eigenvalue weighted by atomic mass is 10.2. The summed E-state index contributed by atoms with van der Waals surface area (Å²) in [5, 5.41) is 11.4. The number of nitrogens with one attached hydrogen (secondary N) is 1. The molecule has 1 saturated heterocycles. The first-order valence-corrected chi connectivity index (χ1v) is 8.36. The summed E-state index contributed by atoms with van der Waals surface area (Å²) >= 11 is 0. The van der Waals surface area contributed by atoms with Crippen molar-refractivity contribution < 1.29 is 9.53 Å². The molecule has 1 aromatic heterocycles. The Labute approximate surface area is 146 Å². The van der Waals surface area contributed by atoms with Crippen LogP contribution in [0, 0.1) is 6.92 Å². The average molecular weight is 342 g/mol. The number of ether oxygens (including phenoxy) is 1. The van der Waals surface area contributed by atoms with Gasteiger partial charge in [0.1, 0.15) is 0 Å². The van der Waals surface area contributed by atoms with E-state index in [0.29, 0.717) is 44.6 Å². The Bertz CT molecular complexity index is 731. The van der Waals surface area contributed by atoms with E-state index in [4.69, 9.17) is 4.74 Å². The van der Waals surface area contributed by atoms with Gasteiger partial charge in [-0.1, -0.05) is 18.2 Å². The highest BCUT2D eigenvalue weighted by Crippen LogP contribution is 2.19. The van der Waals surface area contributed by atoms with Crippen molar-refractivity contribution in [3.05, 3.63) is 36.0 Å². The molecule has 1 aromatic carbocycles. The second-order valence-electron chi connectivity index (χ2n) is 5.75. The van der Waals surface area contributed by atoms with Crippen LogP contribution in [0.5, 0.6) is 0 Å². The number of aromatic nitrogens is 3. The molecule has 0 bridgehead atoms. The van der Waals surface area contributed by atoms with Gasteiger partial charge in [-0.15, -0.1) is 5.10 Å². The molecule has 25 heavy (non-hydrogen) atoms. The number of anilines is 3. The summed E-state index contributed by atoms with van der Waals surface area (Å²) in [6.07, 6.45) is 1.33. The number of piperazine rings is 1. The van der Waals surface area contributed by atoms with Gasteiger partial charge < -0.3 is 19.9 Å². The van der Waals surface area contributed by atoms with Gasteiger partial charge in [0.25, 0.3) is 0 Å². The summed E-state index contributed by atoms with van der Waals surface area (Å²) in [6, 6.07) is 7.99. The quantitative estimate of drug-likeness (QED) is 0.912. The Hall–Kier alpha value is -2.90. The number of hydrogen-bond acceptors (Lipinski definition) is 7. The predicted octanol–water partition coefficient (Wildman–Crippen LogP) is 2.20. The van der Waals surface area contributed by atoms with E-state index < -0.39 is 0 Å². The predicted molar refractivity (Wildman–Crippen MR) is 95.1 cm³/mol. The number of rotatable bonds is 4. The molecule has 2 heterocycles. The highest BCUT2D eigenvalue weighted by molar-refractivity contribution is 5.68. The lowest BCUT2D eigenvalue weighted by molar-refractivity contribution is 0.105. The standard InChI is InChI=1S/C17H22N6O2/c1-3-25-17(24)23-10-8-22(9-11-23)16-20-15(12-18-21-16)19-14-7-5-4-6-13(14)2/h4-7,12H,3,8-11H2,1-2H3,(H,19,20,21).